The van der Waals surface area contributed by atoms with E-state index in [1.165, 1.54) is 0 Å². The Morgan fingerprint density at radius 3 is 2.22 bits per heavy atom. The number of hydrogen-bond acceptors (Lipinski definition) is 4. The second-order valence-electron chi connectivity index (χ2n) is 9.59. The number of carbonyl (C=O) groups excluding carboxylic acids is 3. The van der Waals surface area contributed by atoms with Crippen molar-refractivity contribution in [3.05, 3.63) is 69.8 Å². The number of benzene rings is 2. The summed E-state index contributed by atoms with van der Waals surface area (Å²) in [4.78, 5) is 44.2. The topological polar surface area (TPSA) is 57.7 Å². The molecule has 2 amide bonds. The maximum absolute atomic E-state index is 13.8. The van der Waals surface area contributed by atoms with Crippen LogP contribution in [-0.4, -0.2) is 28.5 Å². The lowest BCUT2D eigenvalue weighted by molar-refractivity contribution is -0.135. The summed E-state index contributed by atoms with van der Waals surface area (Å²) in [5, 5.41) is 0.667. The van der Waals surface area contributed by atoms with E-state index in [-0.39, 0.29) is 17.6 Å². The predicted octanol–water partition coefficient (Wildman–Crippen LogP) is 5.12. The standard InChI is InChI=1S/C25H22Cl2N2O3/c1-25(2,3)22(30)21-19-18(20-17-7-5-4-6-13(17)8-9-28(20)21)23(31)29(24(19)32)16-11-14(26)10-15(27)12-16/h4-12,18-21H,1-3H3/t18-,19-,20+,21+/m1/s1. The lowest BCUT2D eigenvalue weighted by Gasteiger charge is -2.37. The Morgan fingerprint density at radius 1 is 0.938 bits per heavy atom. The summed E-state index contributed by atoms with van der Waals surface area (Å²) in [6.45, 7) is 5.53. The van der Waals surface area contributed by atoms with E-state index < -0.39 is 29.3 Å². The van der Waals surface area contributed by atoms with Gasteiger partial charge < -0.3 is 4.90 Å². The molecule has 0 radical (unpaired) electrons. The van der Waals surface area contributed by atoms with E-state index >= 15 is 0 Å². The third-order valence-electron chi connectivity index (χ3n) is 6.57. The van der Waals surface area contributed by atoms with Crippen molar-refractivity contribution in [3.8, 4) is 0 Å². The average Bonchev–Trinajstić information content (AvgIpc) is 3.19. The van der Waals surface area contributed by atoms with Crippen molar-refractivity contribution in [1.82, 2.24) is 4.90 Å². The van der Waals surface area contributed by atoms with Gasteiger partial charge in [-0.05, 0) is 35.4 Å². The minimum Gasteiger partial charge on any atom is -0.359 e. The minimum absolute atomic E-state index is 0.0637. The molecule has 2 aromatic carbocycles. The number of fused-ring (bicyclic) bond motifs is 5. The fraction of sp³-hybridized carbons (Fsp3) is 0.320. The highest BCUT2D eigenvalue weighted by atomic mass is 35.5. The number of hydrogen-bond donors (Lipinski definition) is 0. The third-order valence-corrected chi connectivity index (χ3v) is 7.01. The van der Waals surface area contributed by atoms with Crippen LogP contribution in [0, 0.1) is 17.3 Å². The Hall–Kier alpha value is -2.63. The number of carbonyl (C=O) groups is 3. The number of rotatable bonds is 2. The molecule has 5 nitrogen and oxygen atoms in total. The molecule has 2 fully saturated rings. The number of anilines is 1. The summed E-state index contributed by atoms with van der Waals surface area (Å²) in [6.07, 6.45) is 3.81. The Morgan fingerprint density at radius 2 is 1.56 bits per heavy atom. The first-order chi connectivity index (χ1) is 15.1. The molecule has 3 aliphatic rings. The molecule has 0 spiro atoms. The molecule has 2 saturated heterocycles. The van der Waals surface area contributed by atoms with Gasteiger partial charge in [0.2, 0.25) is 11.8 Å². The molecule has 0 aliphatic carbocycles. The third kappa shape index (κ3) is 3.02. The normalized spacial score (nSPS) is 26.3. The van der Waals surface area contributed by atoms with Crippen LogP contribution in [0.4, 0.5) is 5.69 Å². The number of ketones is 1. The van der Waals surface area contributed by atoms with Crippen molar-refractivity contribution < 1.29 is 14.4 Å². The van der Waals surface area contributed by atoms with E-state index in [2.05, 4.69) is 0 Å². The fourth-order valence-corrected chi connectivity index (χ4v) is 5.74. The highest BCUT2D eigenvalue weighted by molar-refractivity contribution is 6.35. The highest BCUT2D eigenvalue weighted by Gasteiger charge is 2.65. The zero-order chi connectivity index (χ0) is 22.9. The molecular weight excluding hydrogens is 447 g/mol. The van der Waals surface area contributed by atoms with Crippen molar-refractivity contribution in [2.75, 3.05) is 4.90 Å². The molecule has 164 valence electrons. The van der Waals surface area contributed by atoms with Crippen molar-refractivity contribution in [3.63, 3.8) is 0 Å². The molecule has 2 aromatic rings. The molecular formula is C25H22Cl2N2O3. The average molecular weight is 469 g/mol. The van der Waals surface area contributed by atoms with Gasteiger partial charge in [0.05, 0.1) is 23.6 Å². The van der Waals surface area contributed by atoms with Crippen LogP contribution in [0.2, 0.25) is 10.0 Å². The van der Waals surface area contributed by atoms with Gasteiger partial charge in [-0.2, -0.15) is 0 Å². The van der Waals surface area contributed by atoms with Crippen LogP contribution in [0.3, 0.4) is 0 Å². The predicted molar refractivity (Wildman–Crippen MR) is 124 cm³/mol. The molecule has 5 rings (SSSR count). The second kappa shape index (κ2) is 7.19. The quantitative estimate of drug-likeness (QED) is 0.573. The van der Waals surface area contributed by atoms with Crippen LogP contribution in [0.25, 0.3) is 6.08 Å². The van der Waals surface area contributed by atoms with Gasteiger partial charge in [0.15, 0.2) is 5.78 Å². The zero-order valence-electron chi connectivity index (χ0n) is 17.9. The number of imide groups is 1. The minimum atomic E-state index is -0.784. The maximum atomic E-state index is 13.8. The molecule has 32 heavy (non-hydrogen) atoms. The zero-order valence-corrected chi connectivity index (χ0v) is 19.4. The summed E-state index contributed by atoms with van der Waals surface area (Å²) in [6, 6.07) is 11.3. The van der Waals surface area contributed by atoms with Crippen molar-refractivity contribution in [1.29, 1.82) is 0 Å². The van der Waals surface area contributed by atoms with Gasteiger partial charge >= 0.3 is 0 Å². The summed E-state index contributed by atoms with van der Waals surface area (Å²) >= 11 is 12.3. The van der Waals surface area contributed by atoms with Crippen LogP contribution in [0.5, 0.6) is 0 Å². The van der Waals surface area contributed by atoms with E-state index in [1.54, 1.807) is 18.2 Å². The van der Waals surface area contributed by atoms with Gasteiger partial charge in [-0.3, -0.25) is 14.4 Å². The van der Waals surface area contributed by atoms with Crippen molar-refractivity contribution >= 4 is 52.6 Å². The maximum Gasteiger partial charge on any atom is 0.240 e. The van der Waals surface area contributed by atoms with Gasteiger partial charge in [-0.1, -0.05) is 68.2 Å². The van der Waals surface area contributed by atoms with Gasteiger partial charge in [-0.15, -0.1) is 0 Å². The summed E-state index contributed by atoms with van der Waals surface area (Å²) in [7, 11) is 0. The van der Waals surface area contributed by atoms with Crippen molar-refractivity contribution in [2.24, 2.45) is 17.3 Å². The molecule has 0 unspecified atom stereocenters. The molecule has 7 heteroatoms. The van der Waals surface area contributed by atoms with Gasteiger partial charge in [0, 0.05) is 21.7 Å². The largest absolute Gasteiger partial charge is 0.359 e. The summed E-state index contributed by atoms with van der Waals surface area (Å²) < 4.78 is 0. The fourth-order valence-electron chi connectivity index (χ4n) is 5.22. The summed E-state index contributed by atoms with van der Waals surface area (Å²) in [5.74, 6) is -2.24. The van der Waals surface area contributed by atoms with Crippen LogP contribution >= 0.6 is 23.2 Å². The molecule has 3 heterocycles. The van der Waals surface area contributed by atoms with Gasteiger partial charge in [-0.25, -0.2) is 4.90 Å². The molecule has 3 aliphatic heterocycles. The first kappa shape index (κ1) is 21.2. The molecule has 0 saturated carbocycles. The van der Waals surface area contributed by atoms with E-state index in [1.807, 2.05) is 62.2 Å². The number of halogens is 2. The smallest absolute Gasteiger partial charge is 0.240 e. The first-order valence-corrected chi connectivity index (χ1v) is 11.3. The Labute approximate surface area is 196 Å². The van der Waals surface area contributed by atoms with Crippen LogP contribution in [-0.2, 0) is 14.4 Å². The van der Waals surface area contributed by atoms with Crippen LogP contribution < -0.4 is 4.90 Å². The van der Waals surface area contributed by atoms with Crippen LogP contribution in [0.15, 0.2) is 48.7 Å². The van der Waals surface area contributed by atoms with E-state index in [9.17, 15) is 14.4 Å². The first-order valence-electron chi connectivity index (χ1n) is 10.5. The Bertz CT molecular complexity index is 1180. The van der Waals surface area contributed by atoms with Crippen LogP contribution in [0.1, 0.15) is 37.9 Å². The van der Waals surface area contributed by atoms with Gasteiger partial charge in [0.1, 0.15) is 6.04 Å². The lowest BCUT2D eigenvalue weighted by Crippen LogP contribution is -2.47. The van der Waals surface area contributed by atoms with E-state index in [0.717, 1.165) is 16.0 Å². The molecule has 0 aromatic heterocycles. The monoisotopic (exact) mass is 468 g/mol. The second-order valence-corrected chi connectivity index (χ2v) is 10.5. The van der Waals surface area contributed by atoms with Crippen molar-refractivity contribution in [2.45, 2.75) is 32.9 Å². The summed E-state index contributed by atoms with van der Waals surface area (Å²) in [5.41, 5.74) is 1.59. The van der Waals surface area contributed by atoms with Gasteiger partial charge in [0.25, 0.3) is 0 Å². The highest BCUT2D eigenvalue weighted by Crippen LogP contribution is 2.54. The Balaban J connectivity index is 1.68. The number of Topliss-reactive ketones (excluding diaryl/α,β-unsaturated/α-hetero) is 1. The number of amides is 2. The Kier molecular flexibility index (Phi) is 4.77. The molecule has 0 N–H and O–H groups in total. The SMILES string of the molecule is CC(C)(C)C(=O)[C@@H]1[C@@H]2C(=O)N(c3cc(Cl)cc(Cl)c3)C(=O)[C@H]2[C@@H]2c3ccccc3C=CN12. The number of nitrogens with zero attached hydrogens (tertiary/aromatic N) is 2. The molecule has 4 atom stereocenters. The van der Waals surface area contributed by atoms with E-state index in [0.29, 0.717) is 15.7 Å². The molecule has 0 bridgehead atoms. The van der Waals surface area contributed by atoms with E-state index in [4.69, 9.17) is 23.2 Å². The lowest BCUT2D eigenvalue weighted by atomic mass is 9.79.